The van der Waals surface area contributed by atoms with E-state index in [1.165, 1.54) is 25.3 Å². The van der Waals surface area contributed by atoms with Crippen LogP contribution in [0.25, 0.3) is 6.08 Å². The van der Waals surface area contributed by atoms with E-state index in [0.717, 1.165) is 24.6 Å². The van der Waals surface area contributed by atoms with Gasteiger partial charge < -0.3 is 9.64 Å². The van der Waals surface area contributed by atoms with Crippen LogP contribution in [0.5, 0.6) is 0 Å². The summed E-state index contributed by atoms with van der Waals surface area (Å²) < 4.78 is 4.83. The molecule has 1 amide bonds. The molecule has 1 saturated heterocycles. The summed E-state index contributed by atoms with van der Waals surface area (Å²) in [6.45, 7) is 4.11. The van der Waals surface area contributed by atoms with Crippen LogP contribution in [0.1, 0.15) is 42.2 Å². The number of nitrogens with one attached hydrogen (secondary N) is 1. The SMILES string of the molecule is CCOC(=O)Nc1ccc(C(=O)C=Cc2cccc(N3CCCCC3)n2)cc1. The summed E-state index contributed by atoms with van der Waals surface area (Å²) >= 11 is 0. The molecule has 0 saturated carbocycles. The van der Waals surface area contributed by atoms with Gasteiger partial charge in [0.15, 0.2) is 5.78 Å². The van der Waals surface area contributed by atoms with Gasteiger partial charge >= 0.3 is 6.09 Å². The van der Waals surface area contributed by atoms with Gasteiger partial charge in [-0.05, 0) is 74.7 Å². The number of amides is 1. The Hall–Kier alpha value is -3.15. The number of allylic oxidation sites excluding steroid dienone is 1. The van der Waals surface area contributed by atoms with Gasteiger partial charge in [-0.15, -0.1) is 0 Å². The Labute approximate surface area is 165 Å². The number of pyridine rings is 1. The average Bonchev–Trinajstić information content (AvgIpc) is 2.73. The van der Waals surface area contributed by atoms with E-state index in [4.69, 9.17) is 4.74 Å². The molecule has 1 aliphatic heterocycles. The van der Waals surface area contributed by atoms with E-state index < -0.39 is 6.09 Å². The second-order valence-electron chi connectivity index (χ2n) is 6.59. The number of hydrogen-bond donors (Lipinski definition) is 1. The zero-order chi connectivity index (χ0) is 19.8. The van der Waals surface area contributed by atoms with Crippen molar-refractivity contribution in [3.8, 4) is 0 Å². The molecule has 0 spiro atoms. The maximum Gasteiger partial charge on any atom is 0.411 e. The number of ether oxygens (including phenoxy) is 1. The quantitative estimate of drug-likeness (QED) is 0.589. The van der Waals surface area contributed by atoms with Crippen LogP contribution in [-0.4, -0.2) is 36.6 Å². The minimum atomic E-state index is -0.513. The third-order valence-corrected chi connectivity index (χ3v) is 4.53. The van der Waals surface area contributed by atoms with Gasteiger partial charge in [-0.1, -0.05) is 6.07 Å². The fourth-order valence-corrected chi connectivity index (χ4v) is 3.09. The van der Waals surface area contributed by atoms with E-state index in [1.807, 2.05) is 18.2 Å². The highest BCUT2D eigenvalue weighted by atomic mass is 16.5. The molecule has 0 aliphatic carbocycles. The van der Waals surface area contributed by atoms with Gasteiger partial charge in [-0.3, -0.25) is 10.1 Å². The second-order valence-corrected chi connectivity index (χ2v) is 6.59. The molecule has 1 aromatic heterocycles. The summed E-state index contributed by atoms with van der Waals surface area (Å²) in [5.74, 6) is 0.844. The van der Waals surface area contributed by atoms with E-state index in [0.29, 0.717) is 17.9 Å². The number of benzene rings is 1. The lowest BCUT2D eigenvalue weighted by Crippen LogP contribution is -2.30. The van der Waals surface area contributed by atoms with Crippen molar-refractivity contribution in [2.24, 2.45) is 0 Å². The molecule has 28 heavy (non-hydrogen) atoms. The number of carbonyl (C=O) groups is 2. The molecule has 1 aromatic carbocycles. The van der Waals surface area contributed by atoms with Crippen molar-refractivity contribution < 1.29 is 14.3 Å². The Morgan fingerprint density at radius 1 is 1.11 bits per heavy atom. The number of rotatable bonds is 6. The molecule has 1 N–H and O–H groups in total. The van der Waals surface area contributed by atoms with E-state index in [9.17, 15) is 9.59 Å². The summed E-state index contributed by atoms with van der Waals surface area (Å²) in [5, 5.41) is 2.60. The van der Waals surface area contributed by atoms with Crippen molar-refractivity contribution in [2.45, 2.75) is 26.2 Å². The standard InChI is InChI=1S/C22H25N3O3/c1-2-28-22(27)24-19-11-9-17(10-12-19)20(26)14-13-18-7-6-8-21(23-18)25-15-4-3-5-16-25/h6-14H,2-5,15-16H2,1H3,(H,24,27). The number of hydrogen-bond acceptors (Lipinski definition) is 5. The first-order valence-corrected chi connectivity index (χ1v) is 9.64. The van der Waals surface area contributed by atoms with Crippen molar-refractivity contribution >= 4 is 29.5 Å². The van der Waals surface area contributed by atoms with Crippen molar-refractivity contribution in [3.63, 3.8) is 0 Å². The summed E-state index contributed by atoms with van der Waals surface area (Å²) in [5.41, 5.74) is 1.88. The van der Waals surface area contributed by atoms with Gasteiger partial charge in [0.1, 0.15) is 5.82 Å². The molecule has 6 nitrogen and oxygen atoms in total. The molecule has 1 aliphatic rings. The molecule has 2 aromatic rings. The van der Waals surface area contributed by atoms with Gasteiger partial charge in [0.25, 0.3) is 0 Å². The zero-order valence-corrected chi connectivity index (χ0v) is 16.1. The van der Waals surface area contributed by atoms with Crippen LogP contribution in [-0.2, 0) is 4.74 Å². The summed E-state index contributed by atoms with van der Waals surface area (Å²) in [6.07, 6.45) is 6.42. The molecule has 0 bridgehead atoms. The number of nitrogens with zero attached hydrogens (tertiary/aromatic N) is 2. The molecule has 146 valence electrons. The third-order valence-electron chi connectivity index (χ3n) is 4.53. The molecular weight excluding hydrogens is 354 g/mol. The molecule has 2 heterocycles. The number of aromatic nitrogens is 1. The number of carbonyl (C=O) groups excluding carboxylic acids is 2. The van der Waals surface area contributed by atoms with Gasteiger partial charge in [-0.25, -0.2) is 9.78 Å². The highest BCUT2D eigenvalue weighted by Crippen LogP contribution is 2.18. The number of ketones is 1. The van der Waals surface area contributed by atoms with Crippen molar-refractivity contribution in [3.05, 3.63) is 59.8 Å². The first-order chi connectivity index (χ1) is 13.7. The first-order valence-electron chi connectivity index (χ1n) is 9.64. The van der Waals surface area contributed by atoms with Gasteiger partial charge in [0.05, 0.1) is 12.3 Å². The monoisotopic (exact) mass is 379 g/mol. The van der Waals surface area contributed by atoms with Crippen molar-refractivity contribution in [1.82, 2.24) is 4.98 Å². The van der Waals surface area contributed by atoms with Crippen LogP contribution in [0, 0.1) is 0 Å². The maximum atomic E-state index is 12.4. The molecule has 1 fully saturated rings. The van der Waals surface area contributed by atoms with Crippen LogP contribution in [0.2, 0.25) is 0 Å². The Bertz CT molecular complexity index is 840. The smallest absolute Gasteiger partial charge is 0.411 e. The molecule has 3 rings (SSSR count). The lowest BCUT2D eigenvalue weighted by Gasteiger charge is -2.27. The molecule has 6 heteroatoms. The fraction of sp³-hybridized carbons (Fsp3) is 0.318. The predicted molar refractivity (Wildman–Crippen MR) is 111 cm³/mol. The first kappa shape index (κ1) is 19.6. The van der Waals surface area contributed by atoms with Crippen LogP contribution >= 0.6 is 0 Å². The lowest BCUT2D eigenvalue weighted by molar-refractivity contribution is 0.104. The second kappa shape index (κ2) is 9.69. The van der Waals surface area contributed by atoms with Gasteiger partial charge in [0.2, 0.25) is 0 Å². The largest absolute Gasteiger partial charge is 0.450 e. The Morgan fingerprint density at radius 3 is 2.57 bits per heavy atom. The van der Waals surface area contributed by atoms with E-state index in [1.54, 1.807) is 37.3 Å². The summed E-state index contributed by atoms with van der Waals surface area (Å²) in [6, 6.07) is 12.6. The highest BCUT2D eigenvalue weighted by molar-refractivity contribution is 6.07. The third kappa shape index (κ3) is 5.42. The van der Waals surface area contributed by atoms with Crippen molar-refractivity contribution in [2.75, 3.05) is 29.9 Å². The minimum Gasteiger partial charge on any atom is -0.450 e. The zero-order valence-electron chi connectivity index (χ0n) is 16.1. The maximum absolute atomic E-state index is 12.4. The topological polar surface area (TPSA) is 71.5 Å². The van der Waals surface area contributed by atoms with Crippen LogP contribution in [0.3, 0.4) is 0 Å². The van der Waals surface area contributed by atoms with Crippen LogP contribution in [0.15, 0.2) is 48.5 Å². The van der Waals surface area contributed by atoms with E-state index in [-0.39, 0.29) is 5.78 Å². The molecule has 0 unspecified atom stereocenters. The van der Waals surface area contributed by atoms with Crippen molar-refractivity contribution in [1.29, 1.82) is 0 Å². The highest BCUT2D eigenvalue weighted by Gasteiger charge is 2.12. The van der Waals surface area contributed by atoms with Crippen LogP contribution in [0.4, 0.5) is 16.3 Å². The molecule has 0 radical (unpaired) electrons. The Balaban J connectivity index is 1.62. The molecule has 0 atom stereocenters. The van der Waals surface area contributed by atoms with E-state index in [2.05, 4.69) is 15.2 Å². The molecular formula is C22H25N3O3. The number of piperidine rings is 1. The lowest BCUT2D eigenvalue weighted by atomic mass is 10.1. The van der Waals surface area contributed by atoms with Gasteiger partial charge in [0, 0.05) is 24.3 Å². The van der Waals surface area contributed by atoms with E-state index >= 15 is 0 Å². The number of anilines is 2. The Morgan fingerprint density at radius 2 is 1.86 bits per heavy atom. The summed E-state index contributed by atoms with van der Waals surface area (Å²) in [4.78, 5) is 30.8. The summed E-state index contributed by atoms with van der Waals surface area (Å²) in [7, 11) is 0. The predicted octanol–water partition coefficient (Wildman–Crippen LogP) is 4.54. The van der Waals surface area contributed by atoms with Gasteiger partial charge in [-0.2, -0.15) is 0 Å². The van der Waals surface area contributed by atoms with Crippen LogP contribution < -0.4 is 10.2 Å². The fourth-order valence-electron chi connectivity index (χ4n) is 3.09. The normalized spacial score (nSPS) is 14.1. The average molecular weight is 379 g/mol. The minimum absolute atomic E-state index is 0.118. The Kier molecular flexibility index (Phi) is 6.78.